The van der Waals surface area contributed by atoms with E-state index in [0.29, 0.717) is 10.8 Å². The maximum atomic E-state index is 12.2. The van der Waals surface area contributed by atoms with Crippen LogP contribution < -0.4 is 10.6 Å². The molecular formula is C19H19N3O2S2. The van der Waals surface area contributed by atoms with Crippen LogP contribution in [0.4, 0.5) is 11.4 Å². The van der Waals surface area contributed by atoms with Gasteiger partial charge in [0, 0.05) is 25.5 Å². The lowest BCUT2D eigenvalue weighted by molar-refractivity contribution is 0.521. The molecule has 26 heavy (non-hydrogen) atoms. The molecule has 0 atom stereocenters. The van der Waals surface area contributed by atoms with Crippen LogP contribution in [0.1, 0.15) is 0 Å². The second kappa shape index (κ2) is 7.41. The van der Waals surface area contributed by atoms with Crippen LogP contribution in [-0.2, 0) is 10.0 Å². The van der Waals surface area contributed by atoms with Gasteiger partial charge in [-0.3, -0.25) is 0 Å². The van der Waals surface area contributed by atoms with Crippen molar-refractivity contribution >= 4 is 49.5 Å². The summed E-state index contributed by atoms with van der Waals surface area (Å²) in [5.74, 6) is 0. The van der Waals surface area contributed by atoms with Gasteiger partial charge < -0.3 is 10.6 Å². The topological polar surface area (TPSA) is 61.4 Å². The molecule has 7 heteroatoms. The second-order valence-corrected chi connectivity index (χ2v) is 8.52. The summed E-state index contributed by atoms with van der Waals surface area (Å²) in [6.07, 6.45) is 0. The normalized spacial score (nSPS) is 11.5. The van der Waals surface area contributed by atoms with Crippen molar-refractivity contribution in [2.45, 2.75) is 4.90 Å². The molecule has 0 aliphatic carbocycles. The van der Waals surface area contributed by atoms with Crippen LogP contribution in [0.5, 0.6) is 0 Å². The van der Waals surface area contributed by atoms with Gasteiger partial charge in [-0.2, -0.15) is 0 Å². The lowest BCUT2D eigenvalue weighted by atomic mass is 10.1. The summed E-state index contributed by atoms with van der Waals surface area (Å²) < 4.78 is 25.6. The number of rotatable bonds is 4. The minimum atomic E-state index is -3.49. The van der Waals surface area contributed by atoms with Gasteiger partial charge >= 0.3 is 0 Å². The van der Waals surface area contributed by atoms with Crippen molar-refractivity contribution in [3.8, 4) is 0 Å². The molecule has 5 nitrogen and oxygen atoms in total. The SMILES string of the molecule is CN(C)S(=O)(=O)c1cccc(NC(=S)Nc2ccc3ccccc3c2)c1. The number of hydrogen-bond donors (Lipinski definition) is 2. The summed E-state index contributed by atoms with van der Waals surface area (Å²) in [6, 6.07) is 20.6. The minimum Gasteiger partial charge on any atom is -0.332 e. The Bertz CT molecular complexity index is 1060. The number of fused-ring (bicyclic) bond motifs is 1. The number of sulfonamides is 1. The summed E-state index contributed by atoms with van der Waals surface area (Å²) in [5, 5.41) is 8.80. The molecule has 0 aromatic heterocycles. The Morgan fingerprint density at radius 3 is 2.19 bits per heavy atom. The predicted molar refractivity (Wildman–Crippen MR) is 111 cm³/mol. The number of anilines is 2. The van der Waals surface area contributed by atoms with Crippen molar-refractivity contribution in [3.63, 3.8) is 0 Å². The van der Waals surface area contributed by atoms with Crippen molar-refractivity contribution < 1.29 is 8.42 Å². The Kier molecular flexibility index (Phi) is 5.22. The second-order valence-electron chi connectivity index (χ2n) is 5.96. The summed E-state index contributed by atoms with van der Waals surface area (Å²) in [6.45, 7) is 0. The number of benzene rings is 3. The molecule has 0 unspecified atom stereocenters. The molecule has 0 bridgehead atoms. The molecule has 0 radical (unpaired) electrons. The van der Waals surface area contributed by atoms with E-state index in [0.717, 1.165) is 16.5 Å². The Balaban J connectivity index is 1.75. The van der Waals surface area contributed by atoms with Gasteiger partial charge in [0.15, 0.2) is 5.11 Å². The third-order valence-electron chi connectivity index (χ3n) is 3.88. The Morgan fingerprint density at radius 1 is 0.846 bits per heavy atom. The molecule has 0 spiro atoms. The highest BCUT2D eigenvalue weighted by Crippen LogP contribution is 2.20. The molecule has 2 N–H and O–H groups in total. The first-order chi connectivity index (χ1) is 12.4. The van der Waals surface area contributed by atoms with Crippen LogP contribution in [0.25, 0.3) is 10.8 Å². The quantitative estimate of drug-likeness (QED) is 0.667. The maximum Gasteiger partial charge on any atom is 0.242 e. The molecule has 3 aromatic carbocycles. The molecule has 0 aliphatic rings. The van der Waals surface area contributed by atoms with Crippen LogP contribution in [0.2, 0.25) is 0 Å². The van der Waals surface area contributed by atoms with E-state index in [1.54, 1.807) is 24.3 Å². The molecule has 3 aromatic rings. The van der Waals surface area contributed by atoms with E-state index in [1.165, 1.54) is 18.4 Å². The monoisotopic (exact) mass is 385 g/mol. The van der Waals surface area contributed by atoms with Gasteiger partial charge in [0.05, 0.1) is 4.90 Å². The largest absolute Gasteiger partial charge is 0.332 e. The average molecular weight is 386 g/mol. The van der Waals surface area contributed by atoms with E-state index in [1.807, 2.05) is 42.5 Å². The number of hydrogen-bond acceptors (Lipinski definition) is 3. The molecule has 0 saturated carbocycles. The van der Waals surface area contributed by atoms with Gasteiger partial charge in [-0.25, -0.2) is 12.7 Å². The number of thiocarbonyl (C=S) groups is 1. The van der Waals surface area contributed by atoms with E-state index in [9.17, 15) is 8.42 Å². The standard InChI is InChI=1S/C19H19N3O2S2/c1-22(2)26(23,24)18-9-5-8-16(13-18)20-19(25)21-17-11-10-14-6-3-4-7-15(14)12-17/h3-13H,1-2H3,(H2,20,21,25). The summed E-state index contributed by atoms with van der Waals surface area (Å²) in [4.78, 5) is 0.209. The minimum absolute atomic E-state index is 0.209. The first-order valence-electron chi connectivity index (χ1n) is 7.96. The Hall–Kier alpha value is -2.48. The van der Waals surface area contributed by atoms with Gasteiger partial charge in [-0.05, 0) is 53.3 Å². The first kappa shape index (κ1) is 18.3. The first-order valence-corrected chi connectivity index (χ1v) is 9.80. The molecule has 134 valence electrons. The summed E-state index contributed by atoms with van der Waals surface area (Å²) in [7, 11) is -0.486. The fourth-order valence-electron chi connectivity index (χ4n) is 2.51. The van der Waals surface area contributed by atoms with Crippen molar-refractivity contribution in [2.75, 3.05) is 24.7 Å². The molecular weight excluding hydrogens is 366 g/mol. The van der Waals surface area contributed by atoms with Crippen LogP contribution in [0.15, 0.2) is 71.6 Å². The third kappa shape index (κ3) is 4.01. The van der Waals surface area contributed by atoms with Crippen molar-refractivity contribution in [2.24, 2.45) is 0 Å². The zero-order chi connectivity index (χ0) is 18.7. The molecule has 3 rings (SSSR count). The van der Waals surface area contributed by atoms with Gasteiger partial charge in [0.1, 0.15) is 0 Å². The molecule has 0 fully saturated rings. The number of nitrogens with one attached hydrogen (secondary N) is 2. The summed E-state index contributed by atoms with van der Waals surface area (Å²) in [5.41, 5.74) is 1.46. The van der Waals surface area contributed by atoms with E-state index in [-0.39, 0.29) is 4.90 Å². The third-order valence-corrected chi connectivity index (χ3v) is 5.89. The van der Waals surface area contributed by atoms with Crippen LogP contribution >= 0.6 is 12.2 Å². The number of nitrogens with zero attached hydrogens (tertiary/aromatic N) is 1. The molecule has 0 saturated heterocycles. The van der Waals surface area contributed by atoms with Gasteiger partial charge in [0.2, 0.25) is 10.0 Å². The van der Waals surface area contributed by atoms with E-state index in [4.69, 9.17) is 12.2 Å². The fraction of sp³-hybridized carbons (Fsp3) is 0.105. The molecule has 0 heterocycles. The maximum absolute atomic E-state index is 12.2. The molecule has 0 aliphatic heterocycles. The Morgan fingerprint density at radius 2 is 1.50 bits per heavy atom. The van der Waals surface area contributed by atoms with Crippen LogP contribution in [0, 0.1) is 0 Å². The zero-order valence-corrected chi connectivity index (χ0v) is 16.1. The van der Waals surface area contributed by atoms with Crippen LogP contribution in [0.3, 0.4) is 0 Å². The van der Waals surface area contributed by atoms with Gasteiger partial charge in [0.25, 0.3) is 0 Å². The molecule has 0 amide bonds. The smallest absolute Gasteiger partial charge is 0.242 e. The van der Waals surface area contributed by atoms with E-state index >= 15 is 0 Å². The lowest BCUT2D eigenvalue weighted by Gasteiger charge is -2.14. The highest BCUT2D eigenvalue weighted by molar-refractivity contribution is 7.89. The average Bonchev–Trinajstić information content (AvgIpc) is 2.61. The zero-order valence-electron chi connectivity index (χ0n) is 14.4. The highest BCUT2D eigenvalue weighted by Gasteiger charge is 2.17. The van der Waals surface area contributed by atoms with Gasteiger partial charge in [-0.15, -0.1) is 0 Å². The van der Waals surface area contributed by atoms with E-state index < -0.39 is 10.0 Å². The fourth-order valence-corrected chi connectivity index (χ4v) is 3.69. The lowest BCUT2D eigenvalue weighted by Crippen LogP contribution is -2.23. The summed E-state index contributed by atoms with van der Waals surface area (Å²) >= 11 is 5.35. The van der Waals surface area contributed by atoms with Crippen molar-refractivity contribution in [1.29, 1.82) is 0 Å². The van der Waals surface area contributed by atoms with Crippen LogP contribution in [-0.4, -0.2) is 31.9 Å². The predicted octanol–water partition coefficient (Wildman–Crippen LogP) is 3.90. The van der Waals surface area contributed by atoms with Gasteiger partial charge in [-0.1, -0.05) is 36.4 Å². The Labute approximate surface area is 158 Å². The van der Waals surface area contributed by atoms with Crippen molar-refractivity contribution in [1.82, 2.24) is 4.31 Å². The van der Waals surface area contributed by atoms with E-state index in [2.05, 4.69) is 10.6 Å². The highest BCUT2D eigenvalue weighted by atomic mass is 32.2. The van der Waals surface area contributed by atoms with Crippen molar-refractivity contribution in [3.05, 3.63) is 66.7 Å².